The van der Waals surface area contributed by atoms with Gasteiger partial charge in [-0.1, -0.05) is 6.92 Å². The van der Waals surface area contributed by atoms with Gasteiger partial charge in [-0.3, -0.25) is 4.68 Å². The molecule has 1 fully saturated rings. The minimum Gasteiger partial charge on any atom is -0.383 e. The largest absolute Gasteiger partial charge is 0.383 e. The van der Waals surface area contributed by atoms with E-state index in [1.165, 1.54) is 25.7 Å². The zero-order valence-corrected chi connectivity index (χ0v) is 11.6. The summed E-state index contributed by atoms with van der Waals surface area (Å²) in [5.41, 5.74) is 1.13. The molecule has 0 unspecified atom stereocenters. The van der Waals surface area contributed by atoms with Gasteiger partial charge in [-0.15, -0.1) is 0 Å². The van der Waals surface area contributed by atoms with Crippen molar-refractivity contribution in [1.29, 1.82) is 0 Å². The average molecular weight is 251 g/mol. The molecule has 0 spiro atoms. The van der Waals surface area contributed by atoms with Crippen molar-refractivity contribution in [2.24, 2.45) is 5.92 Å². The van der Waals surface area contributed by atoms with Crippen LogP contribution in [0.5, 0.6) is 0 Å². The number of nitrogens with one attached hydrogen (secondary N) is 1. The summed E-state index contributed by atoms with van der Waals surface area (Å²) in [7, 11) is 1.72. The lowest BCUT2D eigenvalue weighted by molar-refractivity contribution is 0.199. The molecule has 0 amide bonds. The van der Waals surface area contributed by atoms with Crippen molar-refractivity contribution < 1.29 is 4.74 Å². The third-order valence-corrected chi connectivity index (χ3v) is 3.81. The van der Waals surface area contributed by atoms with Crippen molar-refractivity contribution in [2.45, 2.75) is 45.2 Å². The van der Waals surface area contributed by atoms with Gasteiger partial charge in [-0.2, -0.15) is 5.10 Å². The van der Waals surface area contributed by atoms with Gasteiger partial charge in [-0.25, -0.2) is 0 Å². The highest BCUT2D eigenvalue weighted by Gasteiger charge is 2.19. The van der Waals surface area contributed by atoms with Crippen molar-refractivity contribution in [3.8, 4) is 0 Å². The second kappa shape index (κ2) is 6.90. The van der Waals surface area contributed by atoms with Gasteiger partial charge in [0.05, 0.1) is 18.3 Å². The van der Waals surface area contributed by atoms with E-state index >= 15 is 0 Å². The van der Waals surface area contributed by atoms with E-state index in [1.54, 1.807) is 7.11 Å². The van der Waals surface area contributed by atoms with Gasteiger partial charge < -0.3 is 10.1 Å². The summed E-state index contributed by atoms with van der Waals surface area (Å²) in [5.74, 6) is 0.895. The molecule has 102 valence electrons. The van der Waals surface area contributed by atoms with Crippen molar-refractivity contribution in [2.75, 3.05) is 20.3 Å². The van der Waals surface area contributed by atoms with Gasteiger partial charge in [-0.05, 0) is 37.7 Å². The molecule has 1 aliphatic carbocycles. The summed E-state index contributed by atoms with van der Waals surface area (Å²) < 4.78 is 7.17. The number of ether oxygens (including phenoxy) is 1. The fourth-order valence-corrected chi connectivity index (χ4v) is 2.57. The highest BCUT2D eigenvalue weighted by Crippen LogP contribution is 2.31. The molecular weight excluding hydrogens is 226 g/mol. The normalized spacial score (nSPS) is 24.3. The Bertz CT molecular complexity index is 343. The maximum atomic E-state index is 5.00. The monoisotopic (exact) mass is 251 g/mol. The van der Waals surface area contributed by atoms with Gasteiger partial charge in [0.1, 0.15) is 0 Å². The molecule has 0 radical (unpaired) electrons. The number of hydrogen-bond acceptors (Lipinski definition) is 3. The molecule has 0 bridgehead atoms. The zero-order valence-electron chi connectivity index (χ0n) is 11.6. The van der Waals surface area contributed by atoms with Crippen LogP contribution in [0.2, 0.25) is 0 Å². The quantitative estimate of drug-likeness (QED) is 0.789. The molecule has 1 aromatic heterocycles. The summed E-state index contributed by atoms with van der Waals surface area (Å²) in [4.78, 5) is 0. The Kier molecular flexibility index (Phi) is 5.20. The topological polar surface area (TPSA) is 39.1 Å². The van der Waals surface area contributed by atoms with E-state index in [0.717, 1.165) is 31.3 Å². The molecule has 1 aromatic rings. The highest BCUT2D eigenvalue weighted by atomic mass is 16.5. The van der Waals surface area contributed by atoms with E-state index < -0.39 is 0 Å². The minimum atomic E-state index is 0.619. The Morgan fingerprint density at radius 1 is 1.39 bits per heavy atom. The van der Waals surface area contributed by atoms with E-state index in [0.29, 0.717) is 6.04 Å². The van der Waals surface area contributed by atoms with Gasteiger partial charge in [0.2, 0.25) is 0 Å². The summed E-state index contributed by atoms with van der Waals surface area (Å²) in [6.45, 7) is 4.81. The average Bonchev–Trinajstić information content (AvgIpc) is 2.84. The number of nitrogens with zero attached hydrogens (tertiary/aromatic N) is 2. The molecule has 4 heteroatoms. The first kappa shape index (κ1) is 13.6. The second-order valence-corrected chi connectivity index (χ2v) is 5.37. The Morgan fingerprint density at radius 3 is 2.89 bits per heavy atom. The summed E-state index contributed by atoms with van der Waals surface area (Å²) in [6, 6.07) is 2.74. The van der Waals surface area contributed by atoms with E-state index in [9.17, 15) is 0 Å². The lowest BCUT2D eigenvalue weighted by atomic mass is 9.87. The Hall–Kier alpha value is -0.870. The van der Waals surface area contributed by atoms with Crippen LogP contribution < -0.4 is 5.32 Å². The number of hydrogen-bond donors (Lipinski definition) is 1. The van der Waals surface area contributed by atoms with E-state index in [-0.39, 0.29) is 0 Å². The van der Waals surface area contributed by atoms with Gasteiger partial charge >= 0.3 is 0 Å². The van der Waals surface area contributed by atoms with E-state index in [1.807, 2.05) is 0 Å². The molecular formula is C14H25N3O. The Labute approximate surface area is 110 Å². The van der Waals surface area contributed by atoms with Crippen LogP contribution in [0.3, 0.4) is 0 Å². The molecule has 1 heterocycles. The number of methoxy groups -OCH3 is 1. The standard InChI is InChI=1S/C14H25N3O/c1-12-3-5-14(6-4-12)17-9-7-13(16-17)11-15-8-10-18-2/h7,9,12,14-15H,3-6,8,10-11H2,1-2H3. The molecule has 1 N–H and O–H groups in total. The van der Waals surface area contributed by atoms with Gasteiger partial charge in [0.25, 0.3) is 0 Å². The van der Waals surface area contributed by atoms with Crippen LogP contribution in [-0.2, 0) is 11.3 Å². The fourth-order valence-electron chi connectivity index (χ4n) is 2.57. The van der Waals surface area contributed by atoms with Crippen LogP contribution in [0.25, 0.3) is 0 Å². The maximum absolute atomic E-state index is 5.00. The van der Waals surface area contributed by atoms with Crippen molar-refractivity contribution in [1.82, 2.24) is 15.1 Å². The SMILES string of the molecule is COCCNCc1ccn(C2CCC(C)CC2)n1. The molecule has 0 saturated heterocycles. The first-order valence-electron chi connectivity index (χ1n) is 7.03. The molecule has 2 rings (SSSR count). The first-order valence-corrected chi connectivity index (χ1v) is 7.03. The molecule has 0 aromatic carbocycles. The number of aromatic nitrogens is 2. The lowest BCUT2D eigenvalue weighted by Crippen LogP contribution is -2.20. The third kappa shape index (κ3) is 3.82. The second-order valence-electron chi connectivity index (χ2n) is 5.37. The Balaban J connectivity index is 1.78. The van der Waals surface area contributed by atoms with Crippen LogP contribution in [0.15, 0.2) is 12.3 Å². The van der Waals surface area contributed by atoms with Crippen molar-refractivity contribution >= 4 is 0 Å². The van der Waals surface area contributed by atoms with Gasteiger partial charge in [0.15, 0.2) is 0 Å². The smallest absolute Gasteiger partial charge is 0.0762 e. The van der Waals surface area contributed by atoms with Crippen LogP contribution in [0, 0.1) is 5.92 Å². The first-order chi connectivity index (χ1) is 8.79. The molecule has 0 atom stereocenters. The lowest BCUT2D eigenvalue weighted by Gasteiger charge is -2.26. The molecule has 18 heavy (non-hydrogen) atoms. The summed E-state index contributed by atoms with van der Waals surface area (Å²) >= 11 is 0. The maximum Gasteiger partial charge on any atom is 0.0762 e. The van der Waals surface area contributed by atoms with Crippen LogP contribution in [-0.4, -0.2) is 30.0 Å². The molecule has 0 aliphatic heterocycles. The minimum absolute atomic E-state index is 0.619. The Morgan fingerprint density at radius 2 is 2.17 bits per heavy atom. The predicted molar refractivity (Wildman–Crippen MR) is 72.5 cm³/mol. The van der Waals surface area contributed by atoms with Crippen LogP contribution in [0.1, 0.15) is 44.3 Å². The zero-order chi connectivity index (χ0) is 12.8. The van der Waals surface area contributed by atoms with Gasteiger partial charge in [0, 0.05) is 26.4 Å². The van der Waals surface area contributed by atoms with Crippen LogP contribution in [0.4, 0.5) is 0 Å². The van der Waals surface area contributed by atoms with E-state index in [2.05, 4.69) is 34.3 Å². The summed E-state index contributed by atoms with van der Waals surface area (Å²) in [5, 5.41) is 8.00. The van der Waals surface area contributed by atoms with E-state index in [4.69, 9.17) is 4.74 Å². The fraction of sp³-hybridized carbons (Fsp3) is 0.786. The van der Waals surface area contributed by atoms with Crippen LogP contribution >= 0.6 is 0 Å². The summed E-state index contributed by atoms with van der Waals surface area (Å²) in [6.07, 6.45) is 7.37. The number of rotatable bonds is 6. The highest BCUT2D eigenvalue weighted by molar-refractivity contribution is 4.99. The van der Waals surface area contributed by atoms with Crippen molar-refractivity contribution in [3.63, 3.8) is 0 Å². The molecule has 1 aliphatic rings. The molecule has 1 saturated carbocycles. The predicted octanol–water partition coefficient (Wildman–Crippen LogP) is 2.37. The molecule has 4 nitrogen and oxygen atoms in total. The van der Waals surface area contributed by atoms with Crippen molar-refractivity contribution in [3.05, 3.63) is 18.0 Å². The third-order valence-electron chi connectivity index (χ3n) is 3.81.